The Hall–Kier alpha value is -1.81. The van der Waals surface area contributed by atoms with Crippen LogP contribution in [0, 0.1) is 5.92 Å². The highest BCUT2D eigenvalue weighted by Gasteiger charge is 2.28. The number of hydrogen-bond donors (Lipinski definition) is 2. The summed E-state index contributed by atoms with van der Waals surface area (Å²) in [4.78, 5) is 19.3. The van der Waals surface area contributed by atoms with Gasteiger partial charge in [0.2, 0.25) is 10.0 Å². The second kappa shape index (κ2) is 12.0. The van der Waals surface area contributed by atoms with Gasteiger partial charge in [-0.2, -0.15) is 0 Å². The van der Waals surface area contributed by atoms with Gasteiger partial charge in [0.05, 0.1) is 15.5 Å². The number of sulfonamides is 1. The molecular formula is C30H45N3O4S2. The van der Waals surface area contributed by atoms with Crippen LogP contribution in [0.15, 0.2) is 23.1 Å². The average molecular weight is 576 g/mol. The van der Waals surface area contributed by atoms with Crippen LogP contribution >= 0.6 is 11.3 Å². The number of ether oxygens (including phenoxy) is 1. The van der Waals surface area contributed by atoms with Crippen molar-refractivity contribution < 1.29 is 17.9 Å². The first-order valence-corrected chi connectivity index (χ1v) is 16.6. The normalized spacial score (nSPS) is 18.3. The molecule has 2 aliphatic rings. The van der Waals surface area contributed by atoms with Crippen LogP contribution in [0.25, 0.3) is 10.4 Å². The van der Waals surface area contributed by atoms with Crippen LogP contribution in [0.3, 0.4) is 0 Å². The largest absolute Gasteiger partial charge is 0.381 e. The molecule has 1 saturated heterocycles. The van der Waals surface area contributed by atoms with Crippen molar-refractivity contribution >= 4 is 27.3 Å². The van der Waals surface area contributed by atoms with Crippen molar-refractivity contribution in [1.29, 1.82) is 0 Å². The van der Waals surface area contributed by atoms with Crippen molar-refractivity contribution in [2.45, 2.75) is 115 Å². The number of rotatable bonds is 7. The Morgan fingerprint density at radius 3 is 2.28 bits per heavy atom. The van der Waals surface area contributed by atoms with Gasteiger partial charge in [-0.3, -0.25) is 4.79 Å². The smallest absolute Gasteiger partial charge is 0.280 e. The molecule has 9 heteroatoms. The lowest BCUT2D eigenvalue weighted by molar-refractivity contribution is 0.0696. The Morgan fingerprint density at radius 2 is 1.67 bits per heavy atom. The molecule has 1 amide bonds. The van der Waals surface area contributed by atoms with Gasteiger partial charge in [-0.15, -0.1) is 11.3 Å². The number of carbonyl (C=O) groups is 1. The maximum atomic E-state index is 13.4. The van der Waals surface area contributed by atoms with Crippen molar-refractivity contribution in [1.82, 2.24) is 15.0 Å². The number of nitrogens with zero attached hydrogens (tertiary/aromatic N) is 1. The standard InChI is InChI=1S/C30H45N3O4S2/c1-29(2,3)22-17-21(18-24(19-22)39(35,36)33-30(4,5)6)26-25(16-20-10-8-7-9-11-20)32-28(38-26)27(34)31-23-12-14-37-15-13-23/h17-20,23,33H,7-16H2,1-6H3,(H,31,34). The van der Waals surface area contributed by atoms with Crippen LogP contribution in [-0.4, -0.2) is 44.1 Å². The molecule has 2 aromatic rings. The fourth-order valence-electron chi connectivity index (χ4n) is 5.35. The first-order chi connectivity index (χ1) is 18.2. The molecule has 216 valence electrons. The number of thiazole rings is 1. The van der Waals surface area contributed by atoms with E-state index in [1.54, 1.807) is 12.1 Å². The van der Waals surface area contributed by atoms with E-state index in [1.165, 1.54) is 30.6 Å². The first-order valence-electron chi connectivity index (χ1n) is 14.3. The predicted molar refractivity (Wildman–Crippen MR) is 158 cm³/mol. The van der Waals surface area contributed by atoms with E-state index in [0.29, 0.717) is 24.1 Å². The van der Waals surface area contributed by atoms with E-state index in [-0.39, 0.29) is 22.3 Å². The quantitative estimate of drug-likeness (QED) is 0.409. The van der Waals surface area contributed by atoms with Gasteiger partial charge >= 0.3 is 0 Å². The molecule has 0 unspecified atom stereocenters. The summed E-state index contributed by atoms with van der Waals surface area (Å²) in [7, 11) is -3.76. The molecule has 7 nitrogen and oxygen atoms in total. The zero-order chi connectivity index (χ0) is 28.4. The third-order valence-electron chi connectivity index (χ3n) is 7.44. The maximum absolute atomic E-state index is 13.4. The van der Waals surface area contributed by atoms with E-state index in [4.69, 9.17) is 9.72 Å². The molecule has 1 aromatic carbocycles. The van der Waals surface area contributed by atoms with Gasteiger partial charge in [0.25, 0.3) is 5.91 Å². The molecule has 1 saturated carbocycles. The zero-order valence-corrected chi connectivity index (χ0v) is 26.0. The van der Waals surface area contributed by atoms with E-state index >= 15 is 0 Å². The van der Waals surface area contributed by atoms with Crippen molar-refractivity contribution in [3.63, 3.8) is 0 Å². The predicted octanol–water partition coefficient (Wildman–Crippen LogP) is 6.22. The second-order valence-electron chi connectivity index (χ2n) is 13.2. The van der Waals surface area contributed by atoms with Crippen molar-refractivity contribution in [3.8, 4) is 10.4 Å². The lowest BCUT2D eigenvalue weighted by atomic mass is 9.84. The molecule has 4 rings (SSSR count). The zero-order valence-electron chi connectivity index (χ0n) is 24.4. The summed E-state index contributed by atoms with van der Waals surface area (Å²) in [6.07, 6.45) is 8.45. The highest BCUT2D eigenvalue weighted by molar-refractivity contribution is 7.89. The Balaban J connectivity index is 1.78. The molecule has 1 aliphatic carbocycles. The summed E-state index contributed by atoms with van der Waals surface area (Å²) in [5.41, 5.74) is 1.77. The number of carbonyl (C=O) groups excluding carboxylic acids is 1. The Morgan fingerprint density at radius 1 is 1.00 bits per heavy atom. The van der Waals surface area contributed by atoms with Crippen molar-refractivity contribution in [2.75, 3.05) is 13.2 Å². The fourth-order valence-corrected chi connectivity index (χ4v) is 7.82. The molecule has 2 heterocycles. The lowest BCUT2D eigenvalue weighted by Crippen LogP contribution is -2.40. The SMILES string of the molecule is CC(C)(C)NS(=O)(=O)c1cc(-c2sc(C(=O)NC3CCOCC3)nc2CC2CCCCC2)cc(C(C)(C)C)c1. The third-order valence-corrected chi connectivity index (χ3v) is 10.3. The van der Waals surface area contributed by atoms with E-state index in [1.807, 2.05) is 20.8 Å². The van der Waals surface area contributed by atoms with Gasteiger partial charge in [0.15, 0.2) is 5.01 Å². The minimum absolute atomic E-state index is 0.0878. The molecule has 0 spiro atoms. The summed E-state index contributed by atoms with van der Waals surface area (Å²) in [5, 5.41) is 3.60. The fraction of sp³-hybridized carbons (Fsp3) is 0.667. The Kier molecular flexibility index (Phi) is 9.25. The van der Waals surface area contributed by atoms with Gasteiger partial charge in [-0.05, 0) is 80.7 Å². The minimum Gasteiger partial charge on any atom is -0.381 e. The highest BCUT2D eigenvalue weighted by Crippen LogP contribution is 2.38. The number of amides is 1. The van der Waals surface area contributed by atoms with E-state index in [2.05, 4.69) is 36.9 Å². The van der Waals surface area contributed by atoms with Crippen LogP contribution in [0.4, 0.5) is 0 Å². The van der Waals surface area contributed by atoms with Gasteiger partial charge in [-0.1, -0.05) is 52.9 Å². The van der Waals surface area contributed by atoms with Crippen molar-refractivity contribution in [3.05, 3.63) is 34.5 Å². The van der Waals surface area contributed by atoms with Gasteiger partial charge in [0, 0.05) is 24.8 Å². The van der Waals surface area contributed by atoms with E-state index < -0.39 is 15.6 Å². The van der Waals surface area contributed by atoms with Crippen LogP contribution in [0.1, 0.15) is 108 Å². The van der Waals surface area contributed by atoms with Gasteiger partial charge in [-0.25, -0.2) is 18.1 Å². The number of benzene rings is 1. The molecule has 1 aromatic heterocycles. The summed E-state index contributed by atoms with van der Waals surface area (Å²) in [6.45, 7) is 13.1. The molecule has 2 fully saturated rings. The minimum atomic E-state index is -3.76. The lowest BCUT2D eigenvalue weighted by Gasteiger charge is -2.24. The molecule has 2 N–H and O–H groups in total. The van der Waals surface area contributed by atoms with Crippen LogP contribution in [0.2, 0.25) is 0 Å². The molecule has 39 heavy (non-hydrogen) atoms. The highest BCUT2D eigenvalue weighted by atomic mass is 32.2. The van der Waals surface area contributed by atoms with E-state index in [9.17, 15) is 13.2 Å². The monoisotopic (exact) mass is 575 g/mol. The number of hydrogen-bond acceptors (Lipinski definition) is 6. The summed E-state index contributed by atoms with van der Waals surface area (Å²) in [6, 6.07) is 5.69. The van der Waals surface area contributed by atoms with Crippen LogP contribution in [-0.2, 0) is 26.6 Å². The second-order valence-corrected chi connectivity index (χ2v) is 15.9. The number of aromatic nitrogens is 1. The Bertz CT molecular complexity index is 1260. The summed E-state index contributed by atoms with van der Waals surface area (Å²) in [5.74, 6) is 0.375. The topological polar surface area (TPSA) is 97.4 Å². The summed E-state index contributed by atoms with van der Waals surface area (Å²) < 4.78 is 35.1. The Labute approximate surface area is 238 Å². The molecule has 0 atom stereocenters. The molecular weight excluding hydrogens is 530 g/mol. The third kappa shape index (κ3) is 8.12. The van der Waals surface area contributed by atoms with E-state index in [0.717, 1.165) is 53.8 Å². The van der Waals surface area contributed by atoms with Crippen LogP contribution in [0.5, 0.6) is 0 Å². The summed E-state index contributed by atoms with van der Waals surface area (Å²) >= 11 is 1.38. The molecule has 1 aliphatic heterocycles. The van der Waals surface area contributed by atoms with Crippen LogP contribution < -0.4 is 10.0 Å². The molecule has 0 radical (unpaired) electrons. The number of nitrogens with one attached hydrogen (secondary N) is 2. The maximum Gasteiger partial charge on any atom is 0.280 e. The van der Waals surface area contributed by atoms with Gasteiger partial charge in [0.1, 0.15) is 0 Å². The van der Waals surface area contributed by atoms with Gasteiger partial charge < -0.3 is 10.1 Å². The average Bonchev–Trinajstić information content (AvgIpc) is 3.27. The molecule has 0 bridgehead atoms. The first kappa shape index (κ1) is 30.2. The van der Waals surface area contributed by atoms with Crippen molar-refractivity contribution in [2.24, 2.45) is 5.92 Å².